The van der Waals surface area contributed by atoms with E-state index in [9.17, 15) is 0 Å². The average Bonchev–Trinajstić information content (AvgIpc) is 2.05. The first-order valence-electron chi connectivity index (χ1n) is 4.46. The minimum Gasteiger partial charge on any atom is -0.377 e. The Kier molecular flexibility index (Phi) is 2.09. The van der Waals surface area contributed by atoms with Gasteiger partial charge in [-0.15, -0.1) is 11.6 Å². The highest BCUT2D eigenvalue weighted by Gasteiger charge is 2.39. The fourth-order valence-corrected chi connectivity index (χ4v) is 2.01. The van der Waals surface area contributed by atoms with Crippen molar-refractivity contribution in [3.63, 3.8) is 0 Å². The molecule has 1 saturated heterocycles. The molecule has 0 spiro atoms. The van der Waals surface area contributed by atoms with Gasteiger partial charge in [0, 0.05) is 0 Å². The third kappa shape index (κ3) is 1.47. The summed E-state index contributed by atoms with van der Waals surface area (Å²) in [5, 5.41) is 0. The summed E-state index contributed by atoms with van der Waals surface area (Å²) in [6.45, 7) is 5.46. The van der Waals surface area contributed by atoms with Gasteiger partial charge >= 0.3 is 0 Å². The number of rotatable bonds is 1. The molecule has 0 unspecified atom stereocenters. The molecule has 0 amide bonds. The number of aryl methyl sites for hydroxylation is 2. The molecule has 1 aliphatic rings. The molecular formula is C11H13ClO. The number of hydrogen-bond acceptors (Lipinski definition) is 1. The molecule has 2 heteroatoms. The maximum absolute atomic E-state index is 6.39. The minimum absolute atomic E-state index is 0.254. The molecule has 13 heavy (non-hydrogen) atoms. The quantitative estimate of drug-likeness (QED) is 0.628. The summed E-state index contributed by atoms with van der Waals surface area (Å²) in [5.41, 5.74) is 3.73. The summed E-state index contributed by atoms with van der Waals surface area (Å²) in [6.07, 6.45) is 0. The van der Waals surface area contributed by atoms with E-state index in [0.717, 1.165) is 0 Å². The zero-order valence-corrected chi connectivity index (χ0v) is 8.69. The van der Waals surface area contributed by atoms with Crippen molar-refractivity contribution in [3.05, 3.63) is 34.9 Å². The largest absolute Gasteiger partial charge is 0.377 e. The Morgan fingerprint density at radius 3 is 2.54 bits per heavy atom. The van der Waals surface area contributed by atoms with Crippen LogP contribution in [0.4, 0.5) is 0 Å². The van der Waals surface area contributed by atoms with Crippen molar-refractivity contribution in [2.45, 2.75) is 18.7 Å². The molecule has 70 valence electrons. The van der Waals surface area contributed by atoms with Gasteiger partial charge in [0.05, 0.1) is 13.2 Å². The van der Waals surface area contributed by atoms with Crippen molar-refractivity contribution in [1.29, 1.82) is 0 Å². The Labute approximate surface area is 83.7 Å². The van der Waals surface area contributed by atoms with Crippen molar-refractivity contribution >= 4 is 11.6 Å². The van der Waals surface area contributed by atoms with E-state index in [2.05, 4.69) is 32.0 Å². The zero-order chi connectivity index (χ0) is 9.47. The van der Waals surface area contributed by atoms with Crippen molar-refractivity contribution in [1.82, 2.24) is 0 Å². The van der Waals surface area contributed by atoms with Crippen LogP contribution in [-0.2, 0) is 9.61 Å². The molecule has 0 bridgehead atoms. The molecule has 2 rings (SSSR count). The van der Waals surface area contributed by atoms with Gasteiger partial charge in [0.15, 0.2) is 0 Å². The minimum atomic E-state index is -0.254. The maximum Gasteiger partial charge on any atom is 0.116 e. The van der Waals surface area contributed by atoms with Gasteiger partial charge in [0.1, 0.15) is 4.87 Å². The lowest BCUT2D eigenvalue weighted by atomic mass is 9.91. The van der Waals surface area contributed by atoms with E-state index in [-0.39, 0.29) is 4.87 Å². The molecule has 0 aromatic heterocycles. The number of hydrogen-bond donors (Lipinski definition) is 0. The van der Waals surface area contributed by atoms with Crippen LogP contribution in [-0.4, -0.2) is 13.2 Å². The summed E-state index contributed by atoms with van der Waals surface area (Å²) in [4.78, 5) is -0.254. The highest BCUT2D eigenvalue weighted by molar-refractivity contribution is 6.24. The summed E-state index contributed by atoms with van der Waals surface area (Å²) >= 11 is 6.39. The normalized spacial score (nSPS) is 19.6. The Morgan fingerprint density at radius 2 is 2.00 bits per heavy atom. The van der Waals surface area contributed by atoms with Crippen LogP contribution in [0.1, 0.15) is 16.7 Å². The lowest BCUT2D eigenvalue weighted by Crippen LogP contribution is -2.42. The topological polar surface area (TPSA) is 9.23 Å². The third-order valence-corrected chi connectivity index (χ3v) is 2.96. The first kappa shape index (κ1) is 9.04. The predicted molar refractivity (Wildman–Crippen MR) is 54.3 cm³/mol. The number of halogens is 1. The molecule has 1 heterocycles. The van der Waals surface area contributed by atoms with E-state index < -0.39 is 0 Å². The highest BCUT2D eigenvalue weighted by atomic mass is 35.5. The van der Waals surface area contributed by atoms with Crippen LogP contribution in [0.2, 0.25) is 0 Å². The summed E-state index contributed by atoms with van der Waals surface area (Å²) < 4.78 is 5.16. The molecule has 0 atom stereocenters. The van der Waals surface area contributed by atoms with Gasteiger partial charge in [0.2, 0.25) is 0 Å². The Morgan fingerprint density at radius 1 is 1.31 bits per heavy atom. The van der Waals surface area contributed by atoms with Crippen molar-refractivity contribution in [3.8, 4) is 0 Å². The summed E-state index contributed by atoms with van der Waals surface area (Å²) in [7, 11) is 0. The van der Waals surface area contributed by atoms with Gasteiger partial charge in [-0.05, 0) is 25.0 Å². The van der Waals surface area contributed by atoms with Crippen LogP contribution in [0.3, 0.4) is 0 Å². The zero-order valence-electron chi connectivity index (χ0n) is 7.93. The lowest BCUT2D eigenvalue weighted by molar-refractivity contribution is -0.0155. The SMILES string of the molecule is Cc1ccc(C)c(C2(Cl)COC2)c1. The van der Waals surface area contributed by atoms with Gasteiger partial charge in [-0.25, -0.2) is 0 Å². The van der Waals surface area contributed by atoms with Crippen LogP contribution in [0.5, 0.6) is 0 Å². The third-order valence-electron chi connectivity index (χ3n) is 2.54. The Balaban J connectivity index is 2.43. The van der Waals surface area contributed by atoms with Gasteiger partial charge in [-0.2, -0.15) is 0 Å². The van der Waals surface area contributed by atoms with Crippen LogP contribution >= 0.6 is 11.6 Å². The standard InChI is InChI=1S/C11H13ClO/c1-8-3-4-9(2)10(5-8)11(12)6-13-7-11/h3-5H,6-7H2,1-2H3. The monoisotopic (exact) mass is 196 g/mol. The van der Waals surface area contributed by atoms with Crippen molar-refractivity contribution in [2.75, 3.05) is 13.2 Å². The van der Waals surface area contributed by atoms with Crippen molar-refractivity contribution < 1.29 is 4.74 Å². The Bertz CT molecular complexity index is 329. The van der Waals surface area contributed by atoms with E-state index in [1.54, 1.807) is 0 Å². The first-order chi connectivity index (χ1) is 6.12. The second kappa shape index (κ2) is 3.00. The van der Waals surface area contributed by atoms with Gasteiger partial charge in [0.25, 0.3) is 0 Å². The van der Waals surface area contributed by atoms with E-state index in [4.69, 9.17) is 16.3 Å². The van der Waals surface area contributed by atoms with E-state index in [0.29, 0.717) is 13.2 Å². The average molecular weight is 197 g/mol. The molecule has 0 saturated carbocycles. The number of benzene rings is 1. The van der Waals surface area contributed by atoms with Gasteiger partial charge in [-0.3, -0.25) is 0 Å². The highest BCUT2D eigenvalue weighted by Crippen LogP contribution is 2.38. The maximum atomic E-state index is 6.39. The fraction of sp³-hybridized carbons (Fsp3) is 0.455. The van der Waals surface area contributed by atoms with E-state index in [1.807, 2.05) is 0 Å². The second-order valence-corrected chi connectivity index (χ2v) is 4.50. The Hall–Kier alpha value is -0.530. The molecule has 1 fully saturated rings. The molecule has 1 nitrogen and oxygen atoms in total. The van der Waals surface area contributed by atoms with Crippen LogP contribution in [0.15, 0.2) is 18.2 Å². The van der Waals surface area contributed by atoms with Crippen LogP contribution in [0.25, 0.3) is 0 Å². The number of alkyl halides is 1. The predicted octanol–water partition coefficient (Wildman–Crippen LogP) is 2.77. The first-order valence-corrected chi connectivity index (χ1v) is 4.84. The van der Waals surface area contributed by atoms with Gasteiger partial charge < -0.3 is 4.74 Å². The van der Waals surface area contributed by atoms with E-state index >= 15 is 0 Å². The molecule has 0 N–H and O–H groups in total. The molecular weight excluding hydrogens is 184 g/mol. The van der Waals surface area contributed by atoms with E-state index in [1.165, 1.54) is 16.7 Å². The van der Waals surface area contributed by atoms with Gasteiger partial charge in [-0.1, -0.05) is 23.8 Å². The fourth-order valence-electron chi connectivity index (χ4n) is 1.66. The van der Waals surface area contributed by atoms with Crippen LogP contribution < -0.4 is 0 Å². The molecule has 1 aromatic carbocycles. The molecule has 1 aliphatic heterocycles. The van der Waals surface area contributed by atoms with Crippen molar-refractivity contribution in [2.24, 2.45) is 0 Å². The smallest absolute Gasteiger partial charge is 0.116 e. The lowest BCUT2D eigenvalue weighted by Gasteiger charge is -2.37. The second-order valence-electron chi connectivity index (χ2n) is 3.78. The van der Waals surface area contributed by atoms with Crippen LogP contribution in [0, 0.1) is 13.8 Å². The molecule has 0 radical (unpaired) electrons. The number of ether oxygens (including phenoxy) is 1. The molecule has 1 aromatic rings. The molecule has 0 aliphatic carbocycles. The summed E-state index contributed by atoms with van der Waals surface area (Å²) in [5.74, 6) is 0. The summed E-state index contributed by atoms with van der Waals surface area (Å²) in [6, 6.07) is 6.39.